The number of rotatable bonds is 6. The standard InChI is InChI=1S/C22H23N3O4S/c1-4-25-14-17(11-12-21(25)26)23-22(27)18-7-5-6-8-19(18)24-30(28,29)20-13-15(2)9-10-16(20)3/h5-14,24H,4H2,1-3H3,(H,23,27). The van der Waals surface area contributed by atoms with Crippen LogP contribution in [0.15, 0.2) is 70.5 Å². The summed E-state index contributed by atoms with van der Waals surface area (Å²) in [6, 6.07) is 14.4. The van der Waals surface area contributed by atoms with E-state index in [4.69, 9.17) is 0 Å². The number of para-hydroxylation sites is 1. The number of amides is 1. The van der Waals surface area contributed by atoms with Gasteiger partial charge in [0.05, 0.1) is 21.8 Å². The summed E-state index contributed by atoms with van der Waals surface area (Å²) in [5, 5.41) is 2.71. The first kappa shape index (κ1) is 21.3. The van der Waals surface area contributed by atoms with Crippen LogP contribution in [0.25, 0.3) is 0 Å². The number of hydrogen-bond donors (Lipinski definition) is 2. The van der Waals surface area contributed by atoms with Crippen LogP contribution in [0.2, 0.25) is 0 Å². The molecule has 0 aliphatic heterocycles. The van der Waals surface area contributed by atoms with Crippen molar-refractivity contribution >= 4 is 27.3 Å². The van der Waals surface area contributed by atoms with Crippen LogP contribution in [0.1, 0.15) is 28.4 Å². The van der Waals surface area contributed by atoms with E-state index in [2.05, 4.69) is 10.0 Å². The van der Waals surface area contributed by atoms with Gasteiger partial charge in [0.1, 0.15) is 0 Å². The predicted octanol–water partition coefficient (Wildman–Crippen LogP) is 3.54. The van der Waals surface area contributed by atoms with E-state index in [1.807, 2.05) is 19.9 Å². The van der Waals surface area contributed by atoms with Crippen LogP contribution in [-0.4, -0.2) is 18.9 Å². The normalized spacial score (nSPS) is 11.2. The van der Waals surface area contributed by atoms with Crippen molar-refractivity contribution < 1.29 is 13.2 Å². The zero-order valence-corrected chi connectivity index (χ0v) is 17.8. The molecule has 0 bridgehead atoms. The molecule has 3 rings (SSSR count). The summed E-state index contributed by atoms with van der Waals surface area (Å²) in [5.41, 5.74) is 2.03. The Hall–Kier alpha value is -3.39. The van der Waals surface area contributed by atoms with Crippen LogP contribution < -0.4 is 15.6 Å². The van der Waals surface area contributed by atoms with Crippen LogP contribution in [0.3, 0.4) is 0 Å². The number of carbonyl (C=O) groups is 1. The molecular weight excluding hydrogens is 402 g/mol. The first-order valence-corrected chi connectivity index (χ1v) is 10.9. The van der Waals surface area contributed by atoms with Crippen LogP contribution in [0, 0.1) is 13.8 Å². The number of benzene rings is 2. The topological polar surface area (TPSA) is 97.3 Å². The van der Waals surface area contributed by atoms with E-state index in [9.17, 15) is 18.0 Å². The molecule has 156 valence electrons. The van der Waals surface area contributed by atoms with Crippen LogP contribution in [-0.2, 0) is 16.6 Å². The van der Waals surface area contributed by atoms with Crippen LogP contribution in [0.4, 0.5) is 11.4 Å². The highest BCUT2D eigenvalue weighted by molar-refractivity contribution is 7.92. The first-order chi connectivity index (χ1) is 14.2. The number of sulfonamides is 1. The van der Waals surface area contributed by atoms with Gasteiger partial charge in [-0.2, -0.15) is 0 Å². The lowest BCUT2D eigenvalue weighted by atomic mass is 10.1. The Morgan fingerprint density at radius 3 is 2.50 bits per heavy atom. The Labute approximate surface area is 175 Å². The summed E-state index contributed by atoms with van der Waals surface area (Å²) in [4.78, 5) is 24.7. The number of nitrogens with zero attached hydrogens (tertiary/aromatic N) is 1. The number of hydrogen-bond acceptors (Lipinski definition) is 4. The summed E-state index contributed by atoms with van der Waals surface area (Å²) in [5.74, 6) is -0.490. The molecule has 0 aliphatic rings. The van der Waals surface area contributed by atoms with E-state index in [0.29, 0.717) is 17.8 Å². The quantitative estimate of drug-likeness (QED) is 0.631. The van der Waals surface area contributed by atoms with Gasteiger partial charge in [0, 0.05) is 18.8 Å². The SMILES string of the molecule is CCn1cc(NC(=O)c2ccccc2NS(=O)(=O)c2cc(C)ccc2C)ccc1=O. The maximum Gasteiger partial charge on any atom is 0.262 e. The van der Waals surface area contributed by atoms with Gasteiger partial charge in [-0.1, -0.05) is 24.3 Å². The minimum atomic E-state index is -3.89. The van der Waals surface area contributed by atoms with E-state index >= 15 is 0 Å². The lowest BCUT2D eigenvalue weighted by Crippen LogP contribution is -2.21. The van der Waals surface area contributed by atoms with Crippen molar-refractivity contribution in [3.05, 3.63) is 87.8 Å². The third kappa shape index (κ3) is 4.60. The summed E-state index contributed by atoms with van der Waals surface area (Å²) < 4.78 is 29.9. The summed E-state index contributed by atoms with van der Waals surface area (Å²) >= 11 is 0. The van der Waals surface area contributed by atoms with Gasteiger partial charge in [-0.15, -0.1) is 0 Å². The Bertz CT molecular complexity index is 1260. The second kappa shape index (κ2) is 8.54. The number of carbonyl (C=O) groups excluding carboxylic acids is 1. The minimum absolute atomic E-state index is 0.160. The minimum Gasteiger partial charge on any atom is -0.321 e. The molecule has 3 aromatic rings. The third-order valence-electron chi connectivity index (χ3n) is 4.63. The van der Waals surface area contributed by atoms with Crippen molar-refractivity contribution in [2.75, 3.05) is 10.0 Å². The molecule has 0 atom stereocenters. The Morgan fingerprint density at radius 2 is 1.77 bits per heavy atom. The zero-order chi connectivity index (χ0) is 21.9. The fourth-order valence-electron chi connectivity index (χ4n) is 3.02. The van der Waals surface area contributed by atoms with Crippen LogP contribution in [0.5, 0.6) is 0 Å². The van der Waals surface area contributed by atoms with Gasteiger partial charge in [0.15, 0.2) is 0 Å². The fourth-order valence-corrected chi connectivity index (χ4v) is 4.43. The highest BCUT2D eigenvalue weighted by Gasteiger charge is 2.20. The maximum absolute atomic E-state index is 12.9. The van der Waals surface area contributed by atoms with Crippen molar-refractivity contribution in [2.45, 2.75) is 32.2 Å². The zero-order valence-electron chi connectivity index (χ0n) is 17.0. The number of aryl methyl sites for hydroxylation is 3. The number of aromatic nitrogens is 1. The van der Waals surface area contributed by atoms with Gasteiger partial charge in [0.2, 0.25) is 0 Å². The number of anilines is 2. The summed E-state index contributed by atoms with van der Waals surface area (Å²) in [7, 11) is -3.89. The Morgan fingerprint density at radius 1 is 1.03 bits per heavy atom. The Balaban J connectivity index is 1.91. The predicted molar refractivity (Wildman–Crippen MR) is 117 cm³/mol. The Kier molecular flexibility index (Phi) is 6.07. The lowest BCUT2D eigenvalue weighted by molar-refractivity contribution is 0.102. The molecule has 1 heterocycles. The molecule has 0 saturated carbocycles. The molecule has 0 unspecified atom stereocenters. The van der Waals surface area contributed by atoms with E-state index < -0.39 is 15.9 Å². The van der Waals surface area contributed by atoms with Gasteiger partial charge < -0.3 is 9.88 Å². The van der Waals surface area contributed by atoms with Gasteiger partial charge >= 0.3 is 0 Å². The molecule has 7 nitrogen and oxygen atoms in total. The second-order valence-electron chi connectivity index (χ2n) is 6.92. The molecule has 30 heavy (non-hydrogen) atoms. The second-order valence-corrected chi connectivity index (χ2v) is 8.57. The van der Waals surface area contributed by atoms with Crippen LogP contribution >= 0.6 is 0 Å². The van der Waals surface area contributed by atoms with Gasteiger partial charge in [-0.3, -0.25) is 14.3 Å². The van der Waals surface area contributed by atoms with E-state index in [0.717, 1.165) is 5.56 Å². The highest BCUT2D eigenvalue weighted by atomic mass is 32.2. The largest absolute Gasteiger partial charge is 0.321 e. The molecule has 8 heteroatoms. The van der Waals surface area contributed by atoms with Crippen molar-refractivity contribution in [3.63, 3.8) is 0 Å². The highest BCUT2D eigenvalue weighted by Crippen LogP contribution is 2.23. The monoisotopic (exact) mass is 425 g/mol. The maximum atomic E-state index is 12.9. The van der Waals surface area contributed by atoms with Crippen molar-refractivity contribution in [1.82, 2.24) is 4.57 Å². The average Bonchev–Trinajstić information content (AvgIpc) is 2.71. The van der Waals surface area contributed by atoms with Gasteiger partial charge in [-0.05, 0) is 56.2 Å². The summed E-state index contributed by atoms with van der Waals surface area (Å²) in [6.07, 6.45) is 1.54. The van der Waals surface area contributed by atoms with E-state index in [1.165, 1.54) is 28.8 Å². The molecule has 0 radical (unpaired) electrons. The molecule has 1 aromatic heterocycles. The van der Waals surface area contributed by atoms with E-state index in [1.54, 1.807) is 37.4 Å². The smallest absolute Gasteiger partial charge is 0.262 e. The average molecular weight is 426 g/mol. The van der Waals surface area contributed by atoms with E-state index in [-0.39, 0.29) is 21.7 Å². The van der Waals surface area contributed by atoms with Crippen molar-refractivity contribution in [1.29, 1.82) is 0 Å². The molecule has 0 fully saturated rings. The molecular formula is C22H23N3O4S. The molecule has 0 aliphatic carbocycles. The van der Waals surface area contributed by atoms with Crippen molar-refractivity contribution in [2.24, 2.45) is 0 Å². The fraction of sp³-hybridized carbons (Fsp3) is 0.182. The number of pyridine rings is 1. The molecule has 1 amide bonds. The third-order valence-corrected chi connectivity index (χ3v) is 6.14. The number of nitrogens with one attached hydrogen (secondary N) is 2. The molecule has 2 N–H and O–H groups in total. The molecule has 0 saturated heterocycles. The van der Waals surface area contributed by atoms with Gasteiger partial charge in [-0.25, -0.2) is 8.42 Å². The van der Waals surface area contributed by atoms with Gasteiger partial charge in [0.25, 0.3) is 21.5 Å². The summed E-state index contributed by atoms with van der Waals surface area (Å²) in [6.45, 7) is 5.82. The lowest BCUT2D eigenvalue weighted by Gasteiger charge is -2.14. The van der Waals surface area contributed by atoms with Crippen molar-refractivity contribution in [3.8, 4) is 0 Å². The molecule has 2 aromatic carbocycles. The molecule has 0 spiro atoms. The first-order valence-electron chi connectivity index (χ1n) is 9.42.